The molecule has 2 amide bonds. The third kappa shape index (κ3) is 4.83. The molecule has 3 aromatic carbocycles. The molecule has 0 aliphatic rings. The van der Waals surface area contributed by atoms with Crippen molar-refractivity contribution < 1.29 is 23.8 Å². The minimum Gasteiger partial charge on any atom is -0.493 e. The number of hydrogen-bond donors (Lipinski definition) is 2. The Labute approximate surface area is 187 Å². The molecule has 166 valence electrons. The Hall–Kier alpha value is -4.00. The molecule has 0 atom stereocenters. The second kappa shape index (κ2) is 9.87. The van der Waals surface area contributed by atoms with Gasteiger partial charge in [0.15, 0.2) is 18.1 Å². The topological polar surface area (TPSA) is 99.9 Å². The molecule has 0 aromatic heterocycles. The van der Waals surface area contributed by atoms with Crippen molar-refractivity contribution in [3.63, 3.8) is 0 Å². The van der Waals surface area contributed by atoms with Crippen molar-refractivity contribution in [2.75, 3.05) is 20.8 Å². The average molecular weight is 434 g/mol. The third-order valence-corrected chi connectivity index (χ3v) is 5.15. The highest BCUT2D eigenvalue weighted by atomic mass is 16.5. The molecule has 0 unspecified atom stereocenters. The predicted octanol–water partition coefficient (Wildman–Crippen LogP) is 3.26. The second-order valence-corrected chi connectivity index (χ2v) is 7.28. The van der Waals surface area contributed by atoms with E-state index < -0.39 is 11.4 Å². The summed E-state index contributed by atoms with van der Waals surface area (Å²) < 4.78 is 16.2. The fourth-order valence-electron chi connectivity index (χ4n) is 3.45. The summed E-state index contributed by atoms with van der Waals surface area (Å²) in [6, 6.07) is 22.5. The minimum atomic E-state index is -0.790. The summed E-state index contributed by atoms with van der Waals surface area (Å²) in [6.07, 6.45) is 0. The first-order valence-electron chi connectivity index (χ1n) is 9.99. The lowest BCUT2D eigenvalue weighted by atomic mass is 9.84. The van der Waals surface area contributed by atoms with E-state index in [1.807, 2.05) is 67.6 Å². The SMILES string of the molecule is COc1cc(C(=O)NC(C)(c2ccccc2)c2ccccc2)cc(OC)c1OCC(N)=O. The Balaban J connectivity index is 2.01. The number of hydrogen-bond acceptors (Lipinski definition) is 5. The lowest BCUT2D eigenvalue weighted by Crippen LogP contribution is -2.44. The Morgan fingerprint density at radius 2 is 1.34 bits per heavy atom. The highest BCUT2D eigenvalue weighted by Crippen LogP contribution is 2.39. The largest absolute Gasteiger partial charge is 0.493 e. The predicted molar refractivity (Wildman–Crippen MR) is 121 cm³/mol. The van der Waals surface area contributed by atoms with E-state index in [-0.39, 0.29) is 29.8 Å². The van der Waals surface area contributed by atoms with Crippen LogP contribution in [0.4, 0.5) is 0 Å². The van der Waals surface area contributed by atoms with E-state index in [1.54, 1.807) is 0 Å². The van der Waals surface area contributed by atoms with E-state index in [0.29, 0.717) is 5.56 Å². The zero-order valence-corrected chi connectivity index (χ0v) is 18.3. The number of carbonyl (C=O) groups is 2. The van der Waals surface area contributed by atoms with Gasteiger partial charge in [-0.15, -0.1) is 0 Å². The Kier molecular flexibility index (Phi) is 7.00. The standard InChI is InChI=1S/C25H26N2O5/c1-25(18-10-6-4-7-11-18,19-12-8-5-9-13-19)27-24(29)17-14-20(30-2)23(21(15-17)31-3)32-16-22(26)28/h4-15H,16H2,1-3H3,(H2,26,28)(H,27,29). The second-order valence-electron chi connectivity index (χ2n) is 7.28. The fraction of sp³-hybridized carbons (Fsp3) is 0.200. The zero-order chi connectivity index (χ0) is 23.1. The number of methoxy groups -OCH3 is 2. The maximum Gasteiger partial charge on any atom is 0.255 e. The molecule has 0 bridgehead atoms. The van der Waals surface area contributed by atoms with Crippen LogP contribution in [0.2, 0.25) is 0 Å². The number of primary amides is 1. The van der Waals surface area contributed by atoms with Crippen LogP contribution in [-0.2, 0) is 10.3 Å². The molecule has 32 heavy (non-hydrogen) atoms. The molecule has 0 aliphatic carbocycles. The Bertz CT molecular complexity index is 1020. The highest BCUT2D eigenvalue weighted by Gasteiger charge is 2.31. The molecule has 0 radical (unpaired) electrons. The van der Waals surface area contributed by atoms with E-state index in [0.717, 1.165) is 11.1 Å². The molecule has 3 rings (SSSR count). The van der Waals surface area contributed by atoms with E-state index in [1.165, 1.54) is 26.4 Å². The van der Waals surface area contributed by atoms with Crippen LogP contribution in [-0.4, -0.2) is 32.6 Å². The van der Waals surface area contributed by atoms with Gasteiger partial charge in [-0.05, 0) is 30.2 Å². The van der Waals surface area contributed by atoms with Gasteiger partial charge in [0.2, 0.25) is 5.75 Å². The van der Waals surface area contributed by atoms with Gasteiger partial charge in [-0.3, -0.25) is 9.59 Å². The zero-order valence-electron chi connectivity index (χ0n) is 18.3. The molecular formula is C25H26N2O5. The van der Waals surface area contributed by atoms with Crippen LogP contribution in [0.1, 0.15) is 28.4 Å². The van der Waals surface area contributed by atoms with Crippen LogP contribution in [0.3, 0.4) is 0 Å². The molecular weight excluding hydrogens is 408 g/mol. The maximum atomic E-state index is 13.4. The van der Waals surface area contributed by atoms with Crippen molar-refractivity contribution in [1.82, 2.24) is 5.32 Å². The van der Waals surface area contributed by atoms with Gasteiger partial charge in [0.25, 0.3) is 11.8 Å². The van der Waals surface area contributed by atoms with Crippen molar-refractivity contribution in [2.45, 2.75) is 12.5 Å². The molecule has 0 saturated heterocycles. The first-order chi connectivity index (χ1) is 15.4. The molecule has 7 nitrogen and oxygen atoms in total. The van der Waals surface area contributed by atoms with Crippen molar-refractivity contribution in [3.8, 4) is 17.2 Å². The number of ether oxygens (including phenoxy) is 3. The van der Waals surface area contributed by atoms with Gasteiger partial charge >= 0.3 is 0 Å². The average Bonchev–Trinajstić information content (AvgIpc) is 2.83. The van der Waals surface area contributed by atoms with Crippen LogP contribution in [0.5, 0.6) is 17.2 Å². The van der Waals surface area contributed by atoms with E-state index in [2.05, 4.69) is 5.32 Å². The van der Waals surface area contributed by atoms with Gasteiger partial charge in [0, 0.05) is 5.56 Å². The summed E-state index contributed by atoms with van der Waals surface area (Å²) >= 11 is 0. The first kappa shape index (κ1) is 22.7. The van der Waals surface area contributed by atoms with Gasteiger partial charge in [0.05, 0.1) is 19.8 Å². The summed E-state index contributed by atoms with van der Waals surface area (Å²) in [5, 5.41) is 3.15. The molecule has 0 spiro atoms. The smallest absolute Gasteiger partial charge is 0.255 e. The normalized spacial score (nSPS) is 10.8. The maximum absolute atomic E-state index is 13.4. The minimum absolute atomic E-state index is 0.194. The van der Waals surface area contributed by atoms with Crippen molar-refractivity contribution >= 4 is 11.8 Å². The molecule has 0 heterocycles. The number of carbonyl (C=O) groups excluding carboxylic acids is 2. The van der Waals surface area contributed by atoms with Crippen LogP contribution in [0.15, 0.2) is 72.8 Å². The van der Waals surface area contributed by atoms with Crippen LogP contribution in [0, 0.1) is 0 Å². The highest BCUT2D eigenvalue weighted by molar-refractivity contribution is 5.96. The molecule has 0 fully saturated rings. The summed E-state index contributed by atoms with van der Waals surface area (Å²) in [7, 11) is 2.87. The molecule has 7 heteroatoms. The Morgan fingerprint density at radius 1 is 0.875 bits per heavy atom. The van der Waals surface area contributed by atoms with Crippen LogP contribution < -0.4 is 25.3 Å². The first-order valence-corrected chi connectivity index (χ1v) is 9.99. The van der Waals surface area contributed by atoms with Gasteiger partial charge in [-0.25, -0.2) is 0 Å². The third-order valence-electron chi connectivity index (χ3n) is 5.15. The van der Waals surface area contributed by atoms with Gasteiger partial charge in [-0.1, -0.05) is 60.7 Å². The summed E-state index contributed by atoms with van der Waals surface area (Å²) in [5.74, 6) is -0.288. The van der Waals surface area contributed by atoms with E-state index >= 15 is 0 Å². The van der Waals surface area contributed by atoms with Gasteiger partial charge in [-0.2, -0.15) is 0 Å². The van der Waals surface area contributed by atoms with Crippen molar-refractivity contribution in [3.05, 3.63) is 89.5 Å². The molecule has 3 aromatic rings. The van der Waals surface area contributed by atoms with Gasteiger partial charge < -0.3 is 25.3 Å². The van der Waals surface area contributed by atoms with E-state index in [9.17, 15) is 9.59 Å². The lowest BCUT2D eigenvalue weighted by molar-refractivity contribution is -0.120. The van der Waals surface area contributed by atoms with Crippen molar-refractivity contribution in [2.24, 2.45) is 5.73 Å². The Morgan fingerprint density at radius 3 is 1.75 bits per heavy atom. The van der Waals surface area contributed by atoms with Crippen LogP contribution in [0.25, 0.3) is 0 Å². The van der Waals surface area contributed by atoms with Crippen molar-refractivity contribution in [1.29, 1.82) is 0 Å². The number of benzene rings is 3. The molecule has 0 saturated carbocycles. The monoisotopic (exact) mass is 434 g/mol. The molecule has 3 N–H and O–H groups in total. The van der Waals surface area contributed by atoms with E-state index in [4.69, 9.17) is 19.9 Å². The summed E-state index contributed by atoms with van der Waals surface area (Å²) in [4.78, 5) is 24.5. The summed E-state index contributed by atoms with van der Waals surface area (Å²) in [6.45, 7) is 1.60. The molecule has 0 aliphatic heterocycles. The number of nitrogens with two attached hydrogens (primary N) is 1. The number of rotatable bonds is 9. The van der Waals surface area contributed by atoms with Gasteiger partial charge in [0.1, 0.15) is 0 Å². The van der Waals surface area contributed by atoms with Crippen LogP contribution >= 0.6 is 0 Å². The quantitative estimate of drug-likeness (QED) is 0.539. The fourth-order valence-corrected chi connectivity index (χ4v) is 3.45. The summed E-state index contributed by atoms with van der Waals surface area (Å²) in [5.41, 5.74) is 6.55. The lowest BCUT2D eigenvalue weighted by Gasteiger charge is -2.32. The number of amides is 2. The number of nitrogens with one attached hydrogen (secondary N) is 1.